The highest BCUT2D eigenvalue weighted by Crippen LogP contribution is 2.22. The predicted molar refractivity (Wildman–Crippen MR) is 99.3 cm³/mol. The van der Waals surface area contributed by atoms with Crippen molar-refractivity contribution in [2.45, 2.75) is 0 Å². The molecule has 0 spiro atoms. The van der Waals surface area contributed by atoms with Gasteiger partial charge in [-0.1, -0.05) is 5.16 Å². The summed E-state index contributed by atoms with van der Waals surface area (Å²) in [5.74, 6) is 2.15. The Morgan fingerprint density at radius 2 is 1.83 bits per heavy atom. The average molecular weight is 392 g/mol. The molecule has 1 aliphatic rings. The molecule has 1 saturated heterocycles. The van der Waals surface area contributed by atoms with Crippen LogP contribution in [0.15, 0.2) is 58.2 Å². The molecule has 1 fully saturated rings. The Kier molecular flexibility index (Phi) is 4.24. The van der Waals surface area contributed by atoms with E-state index in [1.54, 1.807) is 40.4 Å². The maximum Gasteiger partial charge on any atom is 0.276 e. The van der Waals surface area contributed by atoms with Crippen LogP contribution in [-0.4, -0.2) is 67.1 Å². The molecular weight excluding hydrogens is 376 g/mol. The molecule has 0 saturated carbocycles. The van der Waals surface area contributed by atoms with E-state index in [0.29, 0.717) is 43.5 Å². The molecule has 0 radical (unpaired) electrons. The minimum Gasteiger partial charge on any atom is -0.461 e. The highest BCUT2D eigenvalue weighted by Gasteiger charge is 2.26. The van der Waals surface area contributed by atoms with Crippen LogP contribution in [0.2, 0.25) is 0 Å². The molecule has 5 heterocycles. The Balaban J connectivity index is 1.22. The molecule has 0 atom stereocenters. The SMILES string of the molecule is O=C(c1cc(-c2ccco2)on1)N1CCN(c2ccc(-n3cncn3)nn2)CC1. The van der Waals surface area contributed by atoms with Gasteiger partial charge in [0.15, 0.2) is 23.1 Å². The van der Waals surface area contributed by atoms with Gasteiger partial charge in [-0.05, 0) is 24.3 Å². The number of hydrogen-bond donors (Lipinski definition) is 0. The zero-order chi connectivity index (χ0) is 19.6. The predicted octanol–water partition coefficient (Wildman–Crippen LogP) is 1.27. The van der Waals surface area contributed by atoms with E-state index in [0.717, 1.165) is 5.82 Å². The summed E-state index contributed by atoms with van der Waals surface area (Å²) in [6.45, 7) is 2.39. The van der Waals surface area contributed by atoms with Crippen molar-refractivity contribution in [2.24, 2.45) is 0 Å². The average Bonchev–Trinajstić information content (AvgIpc) is 3.55. The number of anilines is 1. The summed E-state index contributed by atoms with van der Waals surface area (Å²) >= 11 is 0. The Labute approximate surface area is 164 Å². The molecule has 4 aromatic heterocycles. The maximum absolute atomic E-state index is 12.7. The zero-order valence-electron chi connectivity index (χ0n) is 15.2. The van der Waals surface area contributed by atoms with Crippen LogP contribution in [0.25, 0.3) is 17.3 Å². The number of hydrogen-bond acceptors (Lipinski definition) is 9. The summed E-state index contributed by atoms with van der Waals surface area (Å²) in [5.41, 5.74) is 0.266. The lowest BCUT2D eigenvalue weighted by Crippen LogP contribution is -2.49. The van der Waals surface area contributed by atoms with Crippen LogP contribution in [-0.2, 0) is 0 Å². The lowest BCUT2D eigenvalue weighted by atomic mass is 10.2. The number of carbonyl (C=O) groups excluding carboxylic acids is 1. The van der Waals surface area contributed by atoms with E-state index in [2.05, 4.69) is 30.3 Å². The molecule has 0 bridgehead atoms. The maximum atomic E-state index is 12.7. The standard InChI is InChI=1S/C18H16N8O3/c27-18(13-10-15(29-23-13)14-2-1-9-28-14)25-7-5-24(6-8-25)16-3-4-17(22-21-16)26-12-19-11-20-26/h1-4,9-12H,5-8H2. The van der Waals surface area contributed by atoms with Crippen molar-refractivity contribution in [2.75, 3.05) is 31.1 Å². The Hall–Kier alpha value is -4.02. The Bertz CT molecular complexity index is 1080. The minimum absolute atomic E-state index is 0.168. The van der Waals surface area contributed by atoms with Crippen molar-refractivity contribution in [1.82, 2.24) is 35.0 Å². The van der Waals surface area contributed by atoms with Crippen LogP contribution in [0.4, 0.5) is 5.82 Å². The van der Waals surface area contributed by atoms with Gasteiger partial charge >= 0.3 is 0 Å². The summed E-state index contributed by atoms with van der Waals surface area (Å²) in [7, 11) is 0. The minimum atomic E-state index is -0.168. The third-order valence-corrected chi connectivity index (χ3v) is 4.67. The van der Waals surface area contributed by atoms with Crippen LogP contribution in [0.1, 0.15) is 10.5 Å². The fourth-order valence-electron chi connectivity index (χ4n) is 3.15. The van der Waals surface area contributed by atoms with E-state index in [-0.39, 0.29) is 11.6 Å². The Morgan fingerprint density at radius 3 is 2.52 bits per heavy atom. The highest BCUT2D eigenvalue weighted by molar-refractivity contribution is 5.93. The van der Waals surface area contributed by atoms with Crippen molar-refractivity contribution in [3.05, 3.63) is 54.9 Å². The van der Waals surface area contributed by atoms with E-state index < -0.39 is 0 Å². The summed E-state index contributed by atoms with van der Waals surface area (Å²) in [4.78, 5) is 20.4. The van der Waals surface area contributed by atoms with Gasteiger partial charge in [0.05, 0.1) is 6.26 Å². The third-order valence-electron chi connectivity index (χ3n) is 4.67. The Morgan fingerprint density at radius 1 is 1.00 bits per heavy atom. The van der Waals surface area contributed by atoms with Crippen LogP contribution < -0.4 is 4.90 Å². The van der Waals surface area contributed by atoms with E-state index in [4.69, 9.17) is 8.94 Å². The molecule has 146 valence electrons. The normalized spacial score (nSPS) is 14.3. The first-order valence-corrected chi connectivity index (χ1v) is 9.01. The number of carbonyl (C=O) groups is 1. The number of amides is 1. The zero-order valence-corrected chi connectivity index (χ0v) is 15.2. The number of piperazine rings is 1. The molecule has 29 heavy (non-hydrogen) atoms. The molecule has 5 rings (SSSR count). The number of nitrogens with zero attached hydrogens (tertiary/aromatic N) is 8. The molecule has 11 heteroatoms. The van der Waals surface area contributed by atoms with E-state index >= 15 is 0 Å². The fraction of sp³-hybridized carbons (Fsp3) is 0.222. The monoisotopic (exact) mass is 392 g/mol. The van der Waals surface area contributed by atoms with Gasteiger partial charge in [0.25, 0.3) is 5.91 Å². The lowest BCUT2D eigenvalue weighted by molar-refractivity contribution is 0.0736. The molecule has 4 aromatic rings. The van der Waals surface area contributed by atoms with E-state index in [1.165, 1.54) is 6.33 Å². The van der Waals surface area contributed by atoms with Gasteiger partial charge in [0.2, 0.25) is 5.76 Å². The summed E-state index contributed by atoms with van der Waals surface area (Å²) in [5, 5.41) is 16.4. The van der Waals surface area contributed by atoms with Crippen molar-refractivity contribution in [3.8, 4) is 17.3 Å². The first-order valence-electron chi connectivity index (χ1n) is 9.01. The highest BCUT2D eigenvalue weighted by atomic mass is 16.5. The first-order chi connectivity index (χ1) is 14.3. The summed E-state index contributed by atoms with van der Waals surface area (Å²) in [6, 6.07) is 8.82. The van der Waals surface area contributed by atoms with E-state index in [1.807, 2.05) is 12.1 Å². The lowest BCUT2D eigenvalue weighted by Gasteiger charge is -2.34. The van der Waals surface area contributed by atoms with Crippen LogP contribution in [0, 0.1) is 0 Å². The topological polar surface area (TPSA) is 119 Å². The first kappa shape index (κ1) is 17.1. The van der Waals surface area contributed by atoms with Gasteiger partial charge in [-0.2, -0.15) is 5.10 Å². The third kappa shape index (κ3) is 3.33. The molecule has 1 amide bonds. The van der Waals surface area contributed by atoms with Gasteiger partial charge in [0.1, 0.15) is 12.7 Å². The van der Waals surface area contributed by atoms with Crippen molar-refractivity contribution in [3.63, 3.8) is 0 Å². The molecule has 0 aliphatic carbocycles. The second-order valence-electron chi connectivity index (χ2n) is 6.42. The second kappa shape index (κ2) is 7.19. The molecular formula is C18H16N8O3. The van der Waals surface area contributed by atoms with Crippen molar-refractivity contribution in [1.29, 1.82) is 0 Å². The van der Waals surface area contributed by atoms with Crippen LogP contribution in [0.3, 0.4) is 0 Å². The molecule has 0 aromatic carbocycles. The smallest absolute Gasteiger partial charge is 0.276 e. The molecule has 1 aliphatic heterocycles. The molecule has 11 nitrogen and oxygen atoms in total. The number of aromatic nitrogens is 6. The van der Waals surface area contributed by atoms with E-state index in [9.17, 15) is 4.79 Å². The fourth-order valence-corrected chi connectivity index (χ4v) is 3.15. The van der Waals surface area contributed by atoms with Crippen LogP contribution >= 0.6 is 0 Å². The van der Waals surface area contributed by atoms with Gasteiger partial charge in [0, 0.05) is 32.2 Å². The van der Waals surface area contributed by atoms with Gasteiger partial charge in [-0.25, -0.2) is 9.67 Å². The summed E-state index contributed by atoms with van der Waals surface area (Å²) in [6.07, 6.45) is 4.55. The number of rotatable bonds is 4. The summed E-state index contributed by atoms with van der Waals surface area (Å²) < 4.78 is 12.0. The number of furan rings is 1. The molecule has 0 N–H and O–H groups in total. The van der Waals surface area contributed by atoms with Crippen LogP contribution in [0.5, 0.6) is 0 Å². The second-order valence-corrected chi connectivity index (χ2v) is 6.42. The van der Waals surface area contributed by atoms with Gasteiger partial charge < -0.3 is 18.7 Å². The van der Waals surface area contributed by atoms with Gasteiger partial charge in [-0.15, -0.1) is 10.2 Å². The van der Waals surface area contributed by atoms with Gasteiger partial charge in [-0.3, -0.25) is 4.79 Å². The molecule has 0 unspecified atom stereocenters. The van der Waals surface area contributed by atoms with Crippen molar-refractivity contribution < 1.29 is 13.7 Å². The van der Waals surface area contributed by atoms with Crippen molar-refractivity contribution >= 4 is 11.7 Å². The quantitative estimate of drug-likeness (QED) is 0.505. The largest absolute Gasteiger partial charge is 0.461 e.